The molecular weight excluding hydrogens is 214 g/mol. The smallest absolute Gasteiger partial charge is 0.220 e. The zero-order valence-corrected chi connectivity index (χ0v) is 11.1. The second-order valence-corrected chi connectivity index (χ2v) is 5.38. The molecule has 0 saturated heterocycles. The van der Waals surface area contributed by atoms with Crippen LogP contribution in [0.3, 0.4) is 0 Å². The Morgan fingerprint density at radius 2 is 2.06 bits per heavy atom. The van der Waals surface area contributed by atoms with Crippen LogP contribution in [-0.2, 0) is 4.79 Å². The molecule has 1 aliphatic carbocycles. The molecule has 0 heterocycles. The number of rotatable bonds is 7. The Morgan fingerprint density at radius 3 is 2.71 bits per heavy atom. The van der Waals surface area contributed by atoms with Crippen LogP contribution in [0.4, 0.5) is 0 Å². The van der Waals surface area contributed by atoms with Crippen molar-refractivity contribution in [1.29, 1.82) is 0 Å². The highest BCUT2D eigenvalue weighted by atomic mass is 16.3. The van der Waals surface area contributed by atoms with Crippen LogP contribution in [0.15, 0.2) is 0 Å². The summed E-state index contributed by atoms with van der Waals surface area (Å²) in [4.78, 5) is 11.6. The standard InChI is InChI=1S/C14H27NO2/c1-12(16)6-5-11-15-14(17)10-9-13-7-3-2-4-8-13/h12-13,16H,2-11H2,1H3,(H,15,17). The number of carbonyl (C=O) groups is 1. The first-order chi connectivity index (χ1) is 8.18. The molecule has 1 rings (SSSR count). The van der Waals surface area contributed by atoms with Crippen molar-refractivity contribution in [1.82, 2.24) is 5.32 Å². The normalized spacial score (nSPS) is 18.9. The lowest BCUT2D eigenvalue weighted by Crippen LogP contribution is -2.25. The van der Waals surface area contributed by atoms with Crippen LogP contribution in [-0.4, -0.2) is 23.7 Å². The van der Waals surface area contributed by atoms with E-state index in [2.05, 4.69) is 5.32 Å². The molecule has 1 atom stereocenters. The molecule has 100 valence electrons. The van der Waals surface area contributed by atoms with E-state index >= 15 is 0 Å². The lowest BCUT2D eigenvalue weighted by atomic mass is 9.86. The van der Waals surface area contributed by atoms with Gasteiger partial charge in [-0.3, -0.25) is 4.79 Å². The minimum atomic E-state index is -0.255. The minimum Gasteiger partial charge on any atom is -0.393 e. The largest absolute Gasteiger partial charge is 0.393 e. The van der Waals surface area contributed by atoms with Crippen molar-refractivity contribution in [3.63, 3.8) is 0 Å². The summed E-state index contributed by atoms with van der Waals surface area (Å²) in [6, 6.07) is 0. The topological polar surface area (TPSA) is 49.3 Å². The van der Waals surface area contributed by atoms with Crippen LogP contribution in [0.5, 0.6) is 0 Å². The zero-order chi connectivity index (χ0) is 12.5. The Hall–Kier alpha value is -0.570. The first-order valence-electron chi connectivity index (χ1n) is 7.13. The molecule has 0 spiro atoms. The monoisotopic (exact) mass is 241 g/mol. The van der Waals surface area contributed by atoms with E-state index in [0.29, 0.717) is 13.0 Å². The van der Waals surface area contributed by atoms with Gasteiger partial charge in [0.05, 0.1) is 6.10 Å². The molecular formula is C14H27NO2. The van der Waals surface area contributed by atoms with E-state index in [1.54, 1.807) is 6.92 Å². The number of amides is 1. The molecule has 17 heavy (non-hydrogen) atoms. The highest BCUT2D eigenvalue weighted by Crippen LogP contribution is 2.27. The van der Waals surface area contributed by atoms with Crippen molar-refractivity contribution in [2.45, 2.75) is 70.8 Å². The second-order valence-electron chi connectivity index (χ2n) is 5.38. The number of carbonyl (C=O) groups excluding carboxylic acids is 1. The number of aliphatic hydroxyl groups excluding tert-OH is 1. The Balaban J connectivity index is 1.96. The van der Waals surface area contributed by atoms with Gasteiger partial charge in [-0.05, 0) is 32.1 Å². The van der Waals surface area contributed by atoms with E-state index in [1.165, 1.54) is 32.1 Å². The summed E-state index contributed by atoms with van der Waals surface area (Å²) in [5.41, 5.74) is 0. The quantitative estimate of drug-likeness (QED) is 0.673. The number of nitrogens with one attached hydrogen (secondary N) is 1. The molecule has 1 fully saturated rings. The van der Waals surface area contributed by atoms with Gasteiger partial charge in [0.15, 0.2) is 0 Å². The van der Waals surface area contributed by atoms with E-state index in [9.17, 15) is 4.79 Å². The van der Waals surface area contributed by atoms with Crippen LogP contribution in [0.25, 0.3) is 0 Å². The fraction of sp³-hybridized carbons (Fsp3) is 0.929. The van der Waals surface area contributed by atoms with Crippen molar-refractivity contribution in [3.05, 3.63) is 0 Å². The second kappa shape index (κ2) is 8.51. The van der Waals surface area contributed by atoms with Crippen LogP contribution in [0, 0.1) is 5.92 Å². The van der Waals surface area contributed by atoms with E-state index in [-0.39, 0.29) is 12.0 Å². The predicted molar refractivity (Wildman–Crippen MR) is 69.7 cm³/mol. The van der Waals surface area contributed by atoms with Gasteiger partial charge in [-0.25, -0.2) is 0 Å². The average molecular weight is 241 g/mol. The Morgan fingerprint density at radius 1 is 1.35 bits per heavy atom. The molecule has 1 aliphatic rings. The van der Waals surface area contributed by atoms with Crippen molar-refractivity contribution in [2.24, 2.45) is 5.92 Å². The number of hydrogen-bond acceptors (Lipinski definition) is 2. The summed E-state index contributed by atoms with van der Waals surface area (Å²) >= 11 is 0. The maximum Gasteiger partial charge on any atom is 0.220 e. The summed E-state index contributed by atoms with van der Waals surface area (Å²) in [5, 5.41) is 12.0. The molecule has 1 amide bonds. The fourth-order valence-corrected chi connectivity index (χ4v) is 2.52. The molecule has 0 aromatic carbocycles. The summed E-state index contributed by atoms with van der Waals surface area (Å²) in [7, 11) is 0. The van der Waals surface area contributed by atoms with E-state index in [0.717, 1.165) is 25.2 Å². The molecule has 0 aromatic rings. The third kappa shape index (κ3) is 7.37. The molecule has 0 bridgehead atoms. The Labute approximate surface area is 105 Å². The summed E-state index contributed by atoms with van der Waals surface area (Å²) in [5.74, 6) is 0.966. The van der Waals surface area contributed by atoms with E-state index in [4.69, 9.17) is 5.11 Å². The van der Waals surface area contributed by atoms with Crippen molar-refractivity contribution < 1.29 is 9.90 Å². The molecule has 2 N–H and O–H groups in total. The van der Waals surface area contributed by atoms with Crippen LogP contribution in [0.2, 0.25) is 0 Å². The van der Waals surface area contributed by atoms with Crippen LogP contribution < -0.4 is 5.32 Å². The van der Waals surface area contributed by atoms with Crippen LogP contribution >= 0.6 is 0 Å². The molecule has 1 unspecified atom stereocenters. The molecule has 1 saturated carbocycles. The van der Waals surface area contributed by atoms with Gasteiger partial charge in [-0.2, -0.15) is 0 Å². The third-order valence-electron chi connectivity index (χ3n) is 3.63. The van der Waals surface area contributed by atoms with Crippen LogP contribution in [0.1, 0.15) is 64.7 Å². The van der Waals surface area contributed by atoms with Gasteiger partial charge in [0, 0.05) is 13.0 Å². The van der Waals surface area contributed by atoms with Crippen molar-refractivity contribution >= 4 is 5.91 Å². The molecule has 0 aliphatic heterocycles. The fourth-order valence-electron chi connectivity index (χ4n) is 2.52. The minimum absolute atomic E-state index is 0.182. The lowest BCUT2D eigenvalue weighted by Gasteiger charge is -2.20. The number of hydrogen-bond donors (Lipinski definition) is 2. The van der Waals surface area contributed by atoms with Gasteiger partial charge >= 0.3 is 0 Å². The third-order valence-corrected chi connectivity index (χ3v) is 3.63. The van der Waals surface area contributed by atoms with Gasteiger partial charge in [0.25, 0.3) is 0 Å². The maximum atomic E-state index is 11.6. The highest BCUT2D eigenvalue weighted by molar-refractivity contribution is 5.75. The van der Waals surface area contributed by atoms with Gasteiger partial charge in [0.2, 0.25) is 5.91 Å². The maximum absolute atomic E-state index is 11.6. The predicted octanol–water partition coefficient (Wildman–Crippen LogP) is 2.62. The van der Waals surface area contributed by atoms with Crippen molar-refractivity contribution in [3.8, 4) is 0 Å². The zero-order valence-electron chi connectivity index (χ0n) is 11.1. The molecule has 3 nitrogen and oxygen atoms in total. The van der Waals surface area contributed by atoms with Gasteiger partial charge in [-0.1, -0.05) is 32.1 Å². The Bertz CT molecular complexity index is 210. The summed E-state index contributed by atoms with van der Waals surface area (Å²) in [6.07, 6.45) is 9.82. The molecule has 0 aromatic heterocycles. The van der Waals surface area contributed by atoms with E-state index < -0.39 is 0 Å². The van der Waals surface area contributed by atoms with Crippen molar-refractivity contribution in [2.75, 3.05) is 6.54 Å². The molecule has 0 radical (unpaired) electrons. The average Bonchev–Trinajstić information content (AvgIpc) is 2.33. The lowest BCUT2D eigenvalue weighted by molar-refractivity contribution is -0.121. The van der Waals surface area contributed by atoms with Gasteiger partial charge in [0.1, 0.15) is 0 Å². The van der Waals surface area contributed by atoms with Gasteiger partial charge < -0.3 is 10.4 Å². The van der Waals surface area contributed by atoms with Gasteiger partial charge in [-0.15, -0.1) is 0 Å². The first-order valence-corrected chi connectivity index (χ1v) is 7.13. The number of aliphatic hydroxyl groups is 1. The van der Waals surface area contributed by atoms with E-state index in [1.807, 2.05) is 0 Å². The first kappa shape index (κ1) is 14.5. The molecule has 3 heteroatoms. The summed E-state index contributed by atoms with van der Waals surface area (Å²) < 4.78 is 0. The highest BCUT2D eigenvalue weighted by Gasteiger charge is 2.14. The summed E-state index contributed by atoms with van der Waals surface area (Å²) in [6.45, 7) is 2.49. The Kier molecular flexibility index (Phi) is 7.25. The SMILES string of the molecule is CC(O)CCCNC(=O)CCC1CCCCC1.